The average molecular weight is 471 g/mol. The summed E-state index contributed by atoms with van der Waals surface area (Å²) in [5.41, 5.74) is 1.24. The van der Waals surface area contributed by atoms with Crippen molar-refractivity contribution in [3.63, 3.8) is 0 Å². The molecule has 0 radical (unpaired) electrons. The second kappa shape index (κ2) is 9.81. The van der Waals surface area contributed by atoms with E-state index in [1.54, 1.807) is 43.9 Å². The van der Waals surface area contributed by atoms with Crippen LogP contribution in [0.1, 0.15) is 43.1 Å². The van der Waals surface area contributed by atoms with Crippen molar-refractivity contribution in [2.45, 2.75) is 37.6 Å². The van der Waals surface area contributed by atoms with Gasteiger partial charge in [-0.05, 0) is 69.7 Å². The lowest BCUT2D eigenvalue weighted by molar-refractivity contribution is 0.0766. The Labute approximate surface area is 195 Å². The number of rotatable bonds is 5. The Morgan fingerprint density at radius 3 is 2.36 bits per heavy atom. The van der Waals surface area contributed by atoms with E-state index in [1.165, 1.54) is 19.2 Å². The van der Waals surface area contributed by atoms with Gasteiger partial charge in [-0.2, -0.15) is 5.26 Å². The number of nitriles is 1. The summed E-state index contributed by atoms with van der Waals surface area (Å²) in [7, 11) is -2.48. The zero-order valence-corrected chi connectivity index (χ0v) is 20.3. The van der Waals surface area contributed by atoms with E-state index in [0.29, 0.717) is 30.8 Å². The maximum atomic E-state index is 13.3. The number of ether oxygens (including phenoxy) is 1. The van der Waals surface area contributed by atoms with Gasteiger partial charge in [0, 0.05) is 43.0 Å². The Kier molecular flexibility index (Phi) is 7.30. The van der Waals surface area contributed by atoms with Gasteiger partial charge in [0.05, 0.1) is 18.7 Å². The number of anilines is 1. The zero-order chi connectivity index (χ0) is 24.2. The van der Waals surface area contributed by atoms with E-state index in [2.05, 4.69) is 15.7 Å². The highest BCUT2D eigenvalue weighted by Gasteiger charge is 2.28. The summed E-state index contributed by atoms with van der Waals surface area (Å²) in [5, 5.41) is 8.99. The first-order valence-corrected chi connectivity index (χ1v) is 12.3. The monoisotopic (exact) mass is 470 g/mol. The lowest BCUT2D eigenvalue weighted by Crippen LogP contribution is -2.40. The van der Waals surface area contributed by atoms with Crippen molar-refractivity contribution in [1.82, 2.24) is 9.62 Å². The molecule has 1 fully saturated rings. The van der Waals surface area contributed by atoms with Gasteiger partial charge in [0.1, 0.15) is 10.6 Å². The minimum absolute atomic E-state index is 0.0557. The summed E-state index contributed by atoms with van der Waals surface area (Å²) in [6.45, 7) is 7.76. The van der Waals surface area contributed by atoms with Crippen molar-refractivity contribution < 1.29 is 17.9 Å². The van der Waals surface area contributed by atoms with Crippen LogP contribution < -0.4 is 14.4 Å². The number of methoxy groups -OCH3 is 1. The van der Waals surface area contributed by atoms with E-state index in [-0.39, 0.29) is 16.6 Å². The smallest absolute Gasteiger partial charge is 0.253 e. The molecule has 1 saturated heterocycles. The second-order valence-corrected chi connectivity index (χ2v) is 10.7. The zero-order valence-electron chi connectivity index (χ0n) is 19.5. The normalized spacial score (nSPS) is 15.0. The number of sulfonamides is 1. The Bertz CT molecular complexity index is 1150. The van der Waals surface area contributed by atoms with Gasteiger partial charge in [-0.1, -0.05) is 0 Å². The molecule has 2 aromatic rings. The van der Waals surface area contributed by atoms with Crippen LogP contribution in [0.3, 0.4) is 0 Å². The molecule has 0 unspecified atom stereocenters. The number of amides is 1. The Hall–Kier alpha value is -3.09. The lowest BCUT2D eigenvalue weighted by Gasteiger charge is -2.24. The van der Waals surface area contributed by atoms with Crippen molar-refractivity contribution in [2.75, 3.05) is 38.2 Å². The molecular weight excluding hydrogens is 440 g/mol. The number of carbonyl (C=O) groups excluding carboxylic acids is 1. The van der Waals surface area contributed by atoms with Crippen LogP contribution in [0.15, 0.2) is 47.4 Å². The minimum atomic E-state index is -3.88. The number of hydrogen-bond acceptors (Lipinski definition) is 6. The molecule has 2 aromatic carbocycles. The predicted molar refractivity (Wildman–Crippen MR) is 127 cm³/mol. The summed E-state index contributed by atoms with van der Waals surface area (Å²) < 4.78 is 33.7. The van der Waals surface area contributed by atoms with E-state index in [1.807, 2.05) is 12.1 Å². The molecule has 0 spiro atoms. The van der Waals surface area contributed by atoms with E-state index >= 15 is 0 Å². The molecular formula is C24H30N4O4S. The van der Waals surface area contributed by atoms with Crippen LogP contribution in [0, 0.1) is 11.3 Å². The van der Waals surface area contributed by atoms with Crippen LogP contribution >= 0.6 is 0 Å². The van der Waals surface area contributed by atoms with Crippen LogP contribution in [0.5, 0.6) is 5.75 Å². The van der Waals surface area contributed by atoms with Crippen molar-refractivity contribution in [1.29, 1.82) is 5.26 Å². The Morgan fingerprint density at radius 1 is 1.06 bits per heavy atom. The molecule has 0 aromatic heterocycles. The van der Waals surface area contributed by atoms with Crippen LogP contribution in [0.25, 0.3) is 0 Å². The first-order chi connectivity index (χ1) is 15.5. The summed E-state index contributed by atoms with van der Waals surface area (Å²) in [6.07, 6.45) is 0.776. The molecule has 176 valence electrons. The molecule has 1 aliphatic rings. The van der Waals surface area contributed by atoms with Gasteiger partial charge in [-0.15, -0.1) is 0 Å². The highest BCUT2D eigenvalue weighted by Crippen LogP contribution is 2.27. The van der Waals surface area contributed by atoms with Gasteiger partial charge in [-0.3, -0.25) is 4.79 Å². The van der Waals surface area contributed by atoms with Gasteiger partial charge in [0.15, 0.2) is 0 Å². The predicted octanol–water partition coefficient (Wildman–Crippen LogP) is 3.00. The molecule has 1 heterocycles. The molecule has 1 N–H and O–H groups in total. The van der Waals surface area contributed by atoms with E-state index in [4.69, 9.17) is 10.00 Å². The summed E-state index contributed by atoms with van der Waals surface area (Å²) in [6, 6.07) is 14.0. The number of carbonyl (C=O) groups is 1. The number of nitrogens with one attached hydrogen (secondary N) is 1. The SMILES string of the molecule is COc1ccc(C(=O)N2CCCN(c3ccc(C#N)cc3)CC2)cc1S(=O)(=O)NC(C)(C)C. The van der Waals surface area contributed by atoms with Gasteiger partial charge in [0.25, 0.3) is 5.91 Å². The number of benzene rings is 2. The maximum Gasteiger partial charge on any atom is 0.253 e. The topological polar surface area (TPSA) is 103 Å². The Balaban J connectivity index is 1.80. The third-order valence-corrected chi connectivity index (χ3v) is 7.06. The molecule has 0 saturated carbocycles. The maximum absolute atomic E-state index is 13.3. The van der Waals surface area contributed by atoms with E-state index in [0.717, 1.165) is 18.7 Å². The molecule has 1 amide bonds. The van der Waals surface area contributed by atoms with Crippen molar-refractivity contribution >= 4 is 21.6 Å². The highest BCUT2D eigenvalue weighted by atomic mass is 32.2. The summed E-state index contributed by atoms with van der Waals surface area (Å²) in [4.78, 5) is 17.1. The molecule has 9 heteroatoms. The number of hydrogen-bond donors (Lipinski definition) is 1. The fourth-order valence-electron chi connectivity index (χ4n) is 3.79. The molecule has 3 rings (SSSR count). The molecule has 0 bridgehead atoms. The van der Waals surface area contributed by atoms with Crippen molar-refractivity contribution in [3.05, 3.63) is 53.6 Å². The van der Waals surface area contributed by atoms with E-state index in [9.17, 15) is 13.2 Å². The van der Waals surface area contributed by atoms with Crippen molar-refractivity contribution in [3.8, 4) is 11.8 Å². The third-order valence-electron chi connectivity index (χ3n) is 5.29. The highest BCUT2D eigenvalue weighted by molar-refractivity contribution is 7.89. The fourth-order valence-corrected chi connectivity index (χ4v) is 5.40. The quantitative estimate of drug-likeness (QED) is 0.721. The van der Waals surface area contributed by atoms with Crippen LogP contribution in [-0.4, -0.2) is 58.1 Å². The van der Waals surface area contributed by atoms with Gasteiger partial charge in [-0.25, -0.2) is 13.1 Å². The fraction of sp³-hybridized carbons (Fsp3) is 0.417. The van der Waals surface area contributed by atoms with E-state index < -0.39 is 15.6 Å². The molecule has 33 heavy (non-hydrogen) atoms. The van der Waals surface area contributed by atoms with Crippen LogP contribution in [-0.2, 0) is 10.0 Å². The number of nitrogens with zero attached hydrogens (tertiary/aromatic N) is 3. The largest absolute Gasteiger partial charge is 0.495 e. The Morgan fingerprint density at radius 2 is 1.76 bits per heavy atom. The van der Waals surface area contributed by atoms with Gasteiger partial charge in [0.2, 0.25) is 10.0 Å². The second-order valence-electron chi connectivity index (χ2n) is 9.01. The average Bonchev–Trinajstić information content (AvgIpc) is 3.03. The van der Waals surface area contributed by atoms with Gasteiger partial charge >= 0.3 is 0 Å². The first-order valence-electron chi connectivity index (χ1n) is 10.8. The molecule has 0 atom stereocenters. The van der Waals surface area contributed by atoms with Crippen molar-refractivity contribution in [2.24, 2.45) is 0 Å². The lowest BCUT2D eigenvalue weighted by atomic mass is 10.1. The van der Waals surface area contributed by atoms with Crippen LogP contribution in [0.2, 0.25) is 0 Å². The minimum Gasteiger partial charge on any atom is -0.495 e. The summed E-state index contributed by atoms with van der Waals surface area (Å²) >= 11 is 0. The molecule has 0 aliphatic carbocycles. The molecule has 1 aliphatic heterocycles. The standard InChI is InChI=1S/C24H30N4O4S/c1-24(2,3)26-33(30,31)22-16-19(8-11-21(22)32-4)23(29)28-13-5-12-27(14-15-28)20-9-6-18(17-25)7-10-20/h6-11,16,26H,5,12-15H2,1-4H3. The van der Waals surface area contributed by atoms with Crippen LogP contribution in [0.4, 0.5) is 5.69 Å². The van der Waals surface area contributed by atoms with Gasteiger partial charge < -0.3 is 14.5 Å². The third kappa shape index (κ3) is 6.03. The first kappa shape index (κ1) is 24.6. The molecule has 8 nitrogen and oxygen atoms in total. The summed E-state index contributed by atoms with van der Waals surface area (Å²) in [5.74, 6) is -0.0299.